The number of carbonyl (C=O) groups excluding carboxylic acids is 2. The van der Waals surface area contributed by atoms with Crippen molar-refractivity contribution in [2.75, 3.05) is 17.6 Å². The van der Waals surface area contributed by atoms with Crippen LogP contribution in [0.2, 0.25) is 0 Å². The van der Waals surface area contributed by atoms with E-state index in [4.69, 9.17) is 4.74 Å². The van der Waals surface area contributed by atoms with Gasteiger partial charge in [-0.1, -0.05) is 12.1 Å². The highest BCUT2D eigenvalue weighted by Gasteiger charge is 2.19. The molecule has 0 bridgehead atoms. The Balaban J connectivity index is 2.13. The summed E-state index contributed by atoms with van der Waals surface area (Å²) in [5.41, 5.74) is 2.36. The Morgan fingerprint density at radius 3 is 2.36 bits per heavy atom. The van der Waals surface area contributed by atoms with Crippen LogP contribution < -0.4 is 4.72 Å². The third kappa shape index (κ3) is 4.48. The first kappa shape index (κ1) is 18.7. The number of carbonyl (C=O) groups is 2. The number of aryl methyl sites for hydroxylation is 1. The van der Waals surface area contributed by atoms with Crippen LogP contribution >= 0.6 is 0 Å². The number of nitrogens with one attached hydrogen (secondary N) is 1. The molecule has 0 amide bonds. The van der Waals surface area contributed by atoms with Crippen molar-refractivity contribution in [3.63, 3.8) is 0 Å². The molecule has 25 heavy (non-hydrogen) atoms. The van der Waals surface area contributed by atoms with Crippen molar-refractivity contribution in [3.8, 4) is 0 Å². The van der Waals surface area contributed by atoms with Gasteiger partial charge in [0.25, 0.3) is 0 Å². The fourth-order valence-corrected chi connectivity index (χ4v) is 2.95. The minimum atomic E-state index is -3.54. The fraction of sp³-hybridized carbons (Fsp3) is 0.294. The van der Waals surface area contributed by atoms with Crippen molar-refractivity contribution >= 4 is 27.5 Å². The van der Waals surface area contributed by atoms with Crippen LogP contribution in [0.3, 0.4) is 0 Å². The Hall–Kier alpha value is -2.61. The zero-order chi connectivity index (χ0) is 18.8. The summed E-state index contributed by atoms with van der Waals surface area (Å²) in [6.45, 7) is 3.27. The zero-order valence-corrected chi connectivity index (χ0v) is 15.3. The largest absolute Gasteiger partial charge is 0.454 e. The summed E-state index contributed by atoms with van der Waals surface area (Å²) in [7, 11) is -1.69. The molecule has 0 aliphatic heterocycles. The Morgan fingerprint density at radius 1 is 1.16 bits per heavy atom. The van der Waals surface area contributed by atoms with Gasteiger partial charge in [-0.3, -0.25) is 9.52 Å². The molecule has 0 radical (unpaired) electrons. The van der Waals surface area contributed by atoms with E-state index >= 15 is 0 Å². The average Bonchev–Trinajstić information content (AvgIpc) is 2.79. The number of hydrogen-bond acceptors (Lipinski definition) is 5. The molecule has 0 unspecified atom stereocenters. The van der Waals surface area contributed by atoms with Crippen molar-refractivity contribution < 1.29 is 22.7 Å². The monoisotopic (exact) mass is 364 g/mol. The second kappa shape index (κ2) is 7.10. The van der Waals surface area contributed by atoms with Crippen LogP contribution in [0.1, 0.15) is 32.1 Å². The number of rotatable bonds is 6. The highest BCUT2D eigenvalue weighted by Crippen LogP contribution is 2.18. The molecule has 2 aromatic rings. The highest BCUT2D eigenvalue weighted by molar-refractivity contribution is 7.92. The Kier molecular flexibility index (Phi) is 5.32. The summed E-state index contributed by atoms with van der Waals surface area (Å²) in [6.07, 6.45) is 0.985. The molecule has 0 atom stereocenters. The van der Waals surface area contributed by atoms with Gasteiger partial charge in [0.05, 0.1) is 17.5 Å². The van der Waals surface area contributed by atoms with Gasteiger partial charge < -0.3 is 9.30 Å². The third-order valence-electron chi connectivity index (χ3n) is 3.85. The number of ether oxygens (including phenoxy) is 1. The molecule has 1 N–H and O–H groups in total. The van der Waals surface area contributed by atoms with Gasteiger partial charge in [-0.2, -0.15) is 0 Å². The van der Waals surface area contributed by atoms with Crippen molar-refractivity contribution in [3.05, 3.63) is 52.8 Å². The standard InChI is InChI=1S/C17H20N2O5S/c1-11-9-14(12(2)19(11)3)16(20)10-24-17(21)13-7-5-6-8-15(13)18-25(4,22)23/h5-9,18H,10H2,1-4H3. The molecule has 0 spiro atoms. The van der Waals surface area contributed by atoms with Crippen molar-refractivity contribution in [1.82, 2.24) is 4.57 Å². The van der Waals surface area contributed by atoms with Crippen LogP contribution in [0.4, 0.5) is 5.69 Å². The molecule has 1 aromatic carbocycles. The summed E-state index contributed by atoms with van der Waals surface area (Å²) in [6, 6.07) is 7.79. The van der Waals surface area contributed by atoms with E-state index in [1.165, 1.54) is 12.1 Å². The van der Waals surface area contributed by atoms with E-state index < -0.39 is 22.6 Å². The first-order valence-corrected chi connectivity index (χ1v) is 9.39. The summed E-state index contributed by atoms with van der Waals surface area (Å²) >= 11 is 0. The first-order chi connectivity index (χ1) is 11.6. The predicted molar refractivity (Wildman–Crippen MR) is 94.4 cm³/mol. The molecule has 0 fully saturated rings. The van der Waals surface area contributed by atoms with Gasteiger partial charge in [0.1, 0.15) is 0 Å². The average molecular weight is 364 g/mol. The molecule has 7 nitrogen and oxygen atoms in total. The molecule has 0 aliphatic carbocycles. The van der Waals surface area contributed by atoms with Crippen LogP contribution in [-0.2, 0) is 21.8 Å². The number of aromatic nitrogens is 1. The highest BCUT2D eigenvalue weighted by atomic mass is 32.2. The number of sulfonamides is 1. The Bertz CT molecular complexity index is 929. The zero-order valence-electron chi connectivity index (χ0n) is 14.5. The molecular formula is C17H20N2O5S. The van der Waals surface area contributed by atoms with E-state index in [2.05, 4.69) is 4.72 Å². The van der Waals surface area contributed by atoms with E-state index in [1.807, 2.05) is 25.5 Å². The smallest absolute Gasteiger partial charge is 0.340 e. The van der Waals surface area contributed by atoms with Crippen LogP contribution in [-0.4, -0.2) is 37.6 Å². The van der Waals surface area contributed by atoms with Gasteiger partial charge in [0.15, 0.2) is 6.61 Å². The molecule has 1 heterocycles. The van der Waals surface area contributed by atoms with E-state index in [-0.39, 0.29) is 17.0 Å². The lowest BCUT2D eigenvalue weighted by Gasteiger charge is -2.10. The van der Waals surface area contributed by atoms with Crippen LogP contribution in [0, 0.1) is 13.8 Å². The summed E-state index contributed by atoms with van der Waals surface area (Å²) in [5, 5.41) is 0. The molecule has 134 valence electrons. The quantitative estimate of drug-likeness (QED) is 0.625. The maximum Gasteiger partial charge on any atom is 0.340 e. The van der Waals surface area contributed by atoms with Crippen molar-refractivity contribution in [2.24, 2.45) is 7.05 Å². The van der Waals surface area contributed by atoms with Crippen molar-refractivity contribution in [1.29, 1.82) is 0 Å². The normalized spacial score (nSPS) is 11.2. The van der Waals surface area contributed by atoms with Gasteiger partial charge in [0, 0.05) is 24.0 Å². The van der Waals surface area contributed by atoms with E-state index in [1.54, 1.807) is 18.2 Å². The van der Waals surface area contributed by atoms with E-state index in [9.17, 15) is 18.0 Å². The lowest BCUT2D eigenvalue weighted by molar-refractivity contribution is 0.0475. The number of hydrogen-bond donors (Lipinski definition) is 1. The van der Waals surface area contributed by atoms with E-state index in [0.29, 0.717) is 5.56 Å². The topological polar surface area (TPSA) is 94.5 Å². The van der Waals surface area contributed by atoms with E-state index in [0.717, 1.165) is 17.6 Å². The minimum absolute atomic E-state index is 0.0432. The second-order valence-electron chi connectivity index (χ2n) is 5.76. The molecule has 0 saturated heterocycles. The van der Waals surface area contributed by atoms with Gasteiger partial charge >= 0.3 is 5.97 Å². The molecule has 8 heteroatoms. The molecule has 0 saturated carbocycles. The summed E-state index contributed by atoms with van der Waals surface area (Å²) in [5.74, 6) is -1.09. The third-order valence-corrected chi connectivity index (χ3v) is 4.44. The predicted octanol–water partition coefficient (Wildman–Crippen LogP) is 2.05. The maximum absolute atomic E-state index is 12.3. The van der Waals surface area contributed by atoms with Crippen LogP contribution in [0.15, 0.2) is 30.3 Å². The molecular weight excluding hydrogens is 344 g/mol. The van der Waals surface area contributed by atoms with Crippen LogP contribution in [0.25, 0.3) is 0 Å². The second-order valence-corrected chi connectivity index (χ2v) is 7.51. The van der Waals surface area contributed by atoms with Crippen LogP contribution in [0.5, 0.6) is 0 Å². The number of nitrogens with zero attached hydrogens (tertiary/aromatic N) is 1. The first-order valence-electron chi connectivity index (χ1n) is 7.50. The minimum Gasteiger partial charge on any atom is -0.454 e. The lowest BCUT2D eigenvalue weighted by atomic mass is 10.1. The molecule has 0 aliphatic rings. The number of ketones is 1. The Morgan fingerprint density at radius 2 is 1.80 bits per heavy atom. The molecule has 2 rings (SSSR count). The Labute approximate surface area is 146 Å². The molecule has 1 aromatic heterocycles. The lowest BCUT2D eigenvalue weighted by Crippen LogP contribution is -2.17. The summed E-state index contributed by atoms with van der Waals surface area (Å²) in [4.78, 5) is 24.5. The fourth-order valence-electron chi connectivity index (χ4n) is 2.37. The van der Waals surface area contributed by atoms with Gasteiger partial charge in [-0.15, -0.1) is 0 Å². The SMILES string of the molecule is Cc1cc(C(=O)COC(=O)c2ccccc2NS(C)(=O)=O)c(C)n1C. The van der Waals surface area contributed by atoms with Gasteiger partial charge in [0.2, 0.25) is 15.8 Å². The number of benzene rings is 1. The summed E-state index contributed by atoms with van der Waals surface area (Å²) < 4.78 is 32.0. The number of esters is 1. The van der Waals surface area contributed by atoms with Gasteiger partial charge in [-0.25, -0.2) is 13.2 Å². The number of anilines is 1. The number of para-hydroxylation sites is 1. The number of Topliss-reactive ketones (excluding diaryl/α,β-unsaturated/α-hetero) is 1. The maximum atomic E-state index is 12.3. The van der Waals surface area contributed by atoms with Crippen molar-refractivity contribution in [2.45, 2.75) is 13.8 Å². The van der Waals surface area contributed by atoms with Gasteiger partial charge in [-0.05, 0) is 32.0 Å².